The zero-order chi connectivity index (χ0) is 24.7. The first-order valence-corrected chi connectivity index (χ1v) is 11.9. The van der Waals surface area contributed by atoms with Crippen molar-refractivity contribution in [3.8, 4) is 17.3 Å². The molecule has 0 radical (unpaired) electrons. The molecule has 0 saturated heterocycles. The summed E-state index contributed by atoms with van der Waals surface area (Å²) in [6, 6.07) is 18.2. The van der Waals surface area contributed by atoms with Crippen molar-refractivity contribution in [2.45, 2.75) is 26.0 Å². The fourth-order valence-electron chi connectivity index (χ4n) is 4.10. The maximum atomic E-state index is 14.4. The molecule has 0 bridgehead atoms. The summed E-state index contributed by atoms with van der Waals surface area (Å²) in [5, 5.41) is 0. The quantitative estimate of drug-likeness (QED) is 0.296. The summed E-state index contributed by atoms with van der Waals surface area (Å²) in [4.78, 5) is 15.4. The molecule has 0 N–H and O–H groups in total. The number of hydrogen-bond donors (Lipinski definition) is 0. The van der Waals surface area contributed by atoms with Gasteiger partial charge in [-0.3, -0.25) is 4.98 Å². The van der Waals surface area contributed by atoms with E-state index < -0.39 is 11.6 Å². The van der Waals surface area contributed by atoms with Crippen LogP contribution in [0.1, 0.15) is 23.2 Å². The molecule has 1 aliphatic rings. The average Bonchev–Trinajstić information content (AvgIpc) is 2.93. The zero-order valence-electron chi connectivity index (χ0n) is 19.7. The van der Waals surface area contributed by atoms with Gasteiger partial charge in [0.05, 0.1) is 25.5 Å². The number of aromatic nitrogens is 3. The molecular weight excluding hydrogens is 462 g/mol. The van der Waals surface area contributed by atoms with Crippen LogP contribution in [0.15, 0.2) is 73.1 Å². The fraction of sp³-hybridized carbons (Fsp3) is 0.250. The second-order valence-corrected chi connectivity index (χ2v) is 8.53. The van der Waals surface area contributed by atoms with Crippen molar-refractivity contribution in [1.82, 2.24) is 15.0 Å². The third-order valence-electron chi connectivity index (χ3n) is 5.97. The Kier molecular flexibility index (Phi) is 7.42. The van der Waals surface area contributed by atoms with Crippen LogP contribution < -0.4 is 9.64 Å². The van der Waals surface area contributed by atoms with Gasteiger partial charge in [0.15, 0.2) is 17.4 Å². The zero-order valence-corrected chi connectivity index (χ0v) is 19.7. The highest BCUT2D eigenvalue weighted by Crippen LogP contribution is 2.31. The van der Waals surface area contributed by atoms with E-state index in [2.05, 4.69) is 15.0 Å². The third kappa shape index (κ3) is 5.66. The van der Waals surface area contributed by atoms with Gasteiger partial charge in [0.25, 0.3) is 0 Å². The second-order valence-electron chi connectivity index (χ2n) is 8.53. The van der Waals surface area contributed by atoms with E-state index >= 15 is 0 Å². The molecule has 0 atom stereocenters. The molecule has 0 spiro atoms. The topological polar surface area (TPSA) is 60.4 Å². The minimum absolute atomic E-state index is 0.0967. The molecule has 0 aliphatic carbocycles. The largest absolute Gasteiger partial charge is 0.490 e. The Hall–Kier alpha value is -3.91. The van der Waals surface area contributed by atoms with E-state index in [9.17, 15) is 8.78 Å². The Morgan fingerprint density at radius 2 is 1.81 bits per heavy atom. The standard InChI is InChI=1S/C28H26F2N4O2/c29-23-15-22(16-26(27(23)30)36-14-6-13-35-19-20-7-2-1-3-8-20)34-12-10-24-21(18-34)17-32-28(33-24)25-9-4-5-11-31-25/h1-5,7-9,11,15-17H,6,10,12-14,18-19H2. The SMILES string of the molecule is Fc1cc(N2CCc3nc(-c4ccccn4)ncc3C2)cc(OCCCOCc2ccccc2)c1F. The van der Waals surface area contributed by atoms with Crippen molar-refractivity contribution >= 4 is 5.69 Å². The lowest BCUT2D eigenvalue weighted by Crippen LogP contribution is -2.31. The maximum absolute atomic E-state index is 14.4. The number of fused-ring (bicyclic) bond motifs is 1. The molecule has 2 aromatic heterocycles. The van der Waals surface area contributed by atoms with E-state index in [-0.39, 0.29) is 12.4 Å². The van der Waals surface area contributed by atoms with E-state index in [1.807, 2.05) is 53.4 Å². The molecule has 0 unspecified atom stereocenters. The van der Waals surface area contributed by atoms with Crippen LogP contribution in [-0.4, -0.2) is 34.7 Å². The highest BCUT2D eigenvalue weighted by Gasteiger charge is 2.22. The minimum Gasteiger partial charge on any atom is -0.490 e. The van der Waals surface area contributed by atoms with Crippen molar-refractivity contribution in [1.29, 1.82) is 0 Å². The van der Waals surface area contributed by atoms with Crippen LogP contribution in [0.3, 0.4) is 0 Å². The smallest absolute Gasteiger partial charge is 0.200 e. The van der Waals surface area contributed by atoms with Gasteiger partial charge < -0.3 is 14.4 Å². The number of anilines is 1. The van der Waals surface area contributed by atoms with Gasteiger partial charge in [-0.25, -0.2) is 14.4 Å². The van der Waals surface area contributed by atoms with Gasteiger partial charge in [-0.05, 0) is 17.7 Å². The van der Waals surface area contributed by atoms with Gasteiger partial charge in [0.2, 0.25) is 5.82 Å². The van der Waals surface area contributed by atoms with Gasteiger partial charge in [-0.15, -0.1) is 0 Å². The van der Waals surface area contributed by atoms with Crippen LogP contribution in [0, 0.1) is 11.6 Å². The molecule has 0 saturated carbocycles. The average molecular weight is 489 g/mol. The number of halogens is 2. The highest BCUT2D eigenvalue weighted by molar-refractivity contribution is 5.54. The molecule has 184 valence electrons. The Labute approximate surface area is 208 Å². The van der Waals surface area contributed by atoms with Gasteiger partial charge in [-0.2, -0.15) is 4.39 Å². The first-order valence-electron chi connectivity index (χ1n) is 11.9. The Morgan fingerprint density at radius 3 is 2.64 bits per heavy atom. The van der Waals surface area contributed by atoms with Crippen LogP contribution >= 0.6 is 0 Å². The first kappa shape index (κ1) is 23.8. The van der Waals surface area contributed by atoms with E-state index in [0.717, 1.165) is 22.5 Å². The summed E-state index contributed by atoms with van der Waals surface area (Å²) in [5.74, 6) is -1.43. The van der Waals surface area contributed by atoms with Gasteiger partial charge in [0, 0.05) is 61.7 Å². The molecule has 4 aromatic rings. The van der Waals surface area contributed by atoms with Gasteiger partial charge in [0.1, 0.15) is 5.69 Å². The summed E-state index contributed by atoms with van der Waals surface area (Å²) >= 11 is 0. The molecule has 36 heavy (non-hydrogen) atoms. The number of nitrogens with zero attached hydrogens (tertiary/aromatic N) is 4. The van der Waals surface area contributed by atoms with Crippen LogP contribution in [0.2, 0.25) is 0 Å². The Balaban J connectivity index is 1.19. The molecule has 2 aromatic carbocycles. The number of hydrogen-bond acceptors (Lipinski definition) is 6. The van der Waals surface area contributed by atoms with Crippen molar-refractivity contribution < 1.29 is 18.3 Å². The molecular formula is C28H26F2N4O2. The number of ether oxygens (including phenoxy) is 2. The highest BCUT2D eigenvalue weighted by atomic mass is 19.2. The maximum Gasteiger partial charge on any atom is 0.200 e. The molecule has 0 amide bonds. The monoisotopic (exact) mass is 488 g/mol. The molecule has 6 nitrogen and oxygen atoms in total. The minimum atomic E-state index is -0.982. The van der Waals surface area contributed by atoms with Crippen molar-refractivity contribution in [2.24, 2.45) is 0 Å². The molecule has 3 heterocycles. The van der Waals surface area contributed by atoms with Crippen LogP contribution in [-0.2, 0) is 24.3 Å². The summed E-state index contributed by atoms with van der Waals surface area (Å²) in [5.41, 5.74) is 4.25. The van der Waals surface area contributed by atoms with Crippen LogP contribution in [0.5, 0.6) is 5.75 Å². The number of benzene rings is 2. The Bertz CT molecular complexity index is 1310. The predicted octanol–water partition coefficient (Wildman–Crippen LogP) is 5.37. The number of rotatable bonds is 9. The van der Waals surface area contributed by atoms with E-state index in [1.165, 1.54) is 6.07 Å². The lowest BCUT2D eigenvalue weighted by molar-refractivity contribution is 0.106. The third-order valence-corrected chi connectivity index (χ3v) is 5.97. The summed E-state index contributed by atoms with van der Waals surface area (Å²) in [6.07, 6.45) is 4.71. The first-order chi connectivity index (χ1) is 17.7. The van der Waals surface area contributed by atoms with Crippen molar-refractivity contribution in [2.75, 3.05) is 24.7 Å². The van der Waals surface area contributed by atoms with Crippen LogP contribution in [0.25, 0.3) is 11.5 Å². The normalized spacial score (nSPS) is 12.9. The van der Waals surface area contributed by atoms with Crippen molar-refractivity contribution in [3.63, 3.8) is 0 Å². The van der Waals surface area contributed by atoms with Gasteiger partial charge in [-0.1, -0.05) is 36.4 Å². The summed E-state index contributed by atoms with van der Waals surface area (Å²) < 4.78 is 40.0. The van der Waals surface area contributed by atoms with E-state index in [4.69, 9.17) is 9.47 Å². The molecule has 0 fully saturated rings. The van der Waals surface area contributed by atoms with E-state index in [0.29, 0.717) is 50.7 Å². The Morgan fingerprint density at radius 1 is 0.944 bits per heavy atom. The molecule has 5 rings (SSSR count). The lowest BCUT2D eigenvalue weighted by atomic mass is 10.1. The summed E-state index contributed by atoms with van der Waals surface area (Å²) in [7, 11) is 0. The predicted molar refractivity (Wildman–Crippen MR) is 133 cm³/mol. The second kappa shape index (κ2) is 11.2. The molecule has 8 heteroatoms. The van der Waals surface area contributed by atoms with Crippen molar-refractivity contribution in [3.05, 3.63) is 102 Å². The van der Waals surface area contributed by atoms with Crippen LogP contribution in [0.4, 0.5) is 14.5 Å². The van der Waals surface area contributed by atoms with Gasteiger partial charge >= 0.3 is 0 Å². The van der Waals surface area contributed by atoms with E-state index in [1.54, 1.807) is 18.5 Å². The number of pyridine rings is 1. The summed E-state index contributed by atoms with van der Waals surface area (Å²) in [6.45, 7) is 2.30. The lowest BCUT2D eigenvalue weighted by Gasteiger charge is -2.30. The fourth-order valence-corrected chi connectivity index (χ4v) is 4.10. The molecule has 1 aliphatic heterocycles.